The molecule has 2 N–H and O–H groups in total. The molecular formula is C12H23NO4S. The molecule has 106 valence electrons. The van der Waals surface area contributed by atoms with Crippen LogP contribution in [0.4, 0.5) is 0 Å². The highest BCUT2D eigenvalue weighted by molar-refractivity contribution is 7.94. The van der Waals surface area contributed by atoms with Crippen LogP contribution in [0.2, 0.25) is 0 Å². The molecule has 0 heterocycles. The van der Waals surface area contributed by atoms with Crippen molar-refractivity contribution >= 4 is 15.8 Å². The molecule has 0 aliphatic rings. The minimum absolute atomic E-state index is 0.0403. The Morgan fingerprint density at radius 2 is 1.83 bits per heavy atom. The molecule has 0 aromatic rings. The van der Waals surface area contributed by atoms with E-state index in [0.29, 0.717) is 0 Å². The zero-order valence-electron chi connectivity index (χ0n) is 11.6. The second-order valence-corrected chi connectivity index (χ2v) is 7.81. The number of carbonyl (C=O) groups excluding carboxylic acids is 1. The van der Waals surface area contributed by atoms with Crippen LogP contribution in [0, 0.1) is 0 Å². The molecule has 18 heavy (non-hydrogen) atoms. The molecule has 0 aliphatic carbocycles. The van der Waals surface area contributed by atoms with E-state index in [0.717, 1.165) is 5.41 Å². The van der Waals surface area contributed by atoms with Gasteiger partial charge in [0, 0.05) is 11.4 Å². The highest BCUT2D eigenvalue weighted by Crippen LogP contribution is 2.10. The van der Waals surface area contributed by atoms with Crippen molar-refractivity contribution in [2.24, 2.45) is 5.73 Å². The number of ether oxygens (including phenoxy) is 1. The minimum Gasteiger partial charge on any atom is -0.460 e. The molecule has 0 rings (SSSR count). The van der Waals surface area contributed by atoms with Gasteiger partial charge in [-0.15, -0.1) is 0 Å². The van der Waals surface area contributed by atoms with Gasteiger partial charge in [0.1, 0.15) is 5.60 Å². The van der Waals surface area contributed by atoms with Crippen LogP contribution in [-0.4, -0.2) is 31.3 Å². The molecule has 0 radical (unpaired) electrons. The van der Waals surface area contributed by atoms with Gasteiger partial charge in [-0.3, -0.25) is 4.79 Å². The van der Waals surface area contributed by atoms with Gasteiger partial charge >= 0.3 is 5.97 Å². The first-order valence-electron chi connectivity index (χ1n) is 5.83. The average molecular weight is 277 g/mol. The quantitative estimate of drug-likeness (QED) is 0.767. The zero-order chi connectivity index (χ0) is 14.6. The Hall–Kier alpha value is -0.880. The maximum absolute atomic E-state index is 11.5. The zero-order valence-corrected chi connectivity index (χ0v) is 12.5. The summed E-state index contributed by atoms with van der Waals surface area (Å²) in [7, 11) is -3.28. The predicted octanol–water partition coefficient (Wildman–Crippen LogP) is 1.38. The largest absolute Gasteiger partial charge is 0.460 e. The lowest BCUT2D eigenvalue weighted by Gasteiger charge is -2.20. The number of hydrogen-bond acceptors (Lipinski definition) is 5. The van der Waals surface area contributed by atoms with E-state index in [9.17, 15) is 13.2 Å². The summed E-state index contributed by atoms with van der Waals surface area (Å²) in [5.74, 6) is -0.443. The Morgan fingerprint density at radius 1 is 1.33 bits per heavy atom. The molecule has 0 spiro atoms. The fourth-order valence-electron chi connectivity index (χ4n) is 1.01. The second kappa shape index (κ2) is 6.33. The van der Waals surface area contributed by atoms with Crippen molar-refractivity contribution in [1.29, 1.82) is 0 Å². The number of carbonyl (C=O) groups is 1. The van der Waals surface area contributed by atoms with Crippen LogP contribution >= 0.6 is 0 Å². The molecular weight excluding hydrogens is 254 g/mol. The number of rotatable bonds is 5. The highest BCUT2D eigenvalue weighted by atomic mass is 32.2. The summed E-state index contributed by atoms with van der Waals surface area (Å²) in [4.78, 5) is 11.4. The van der Waals surface area contributed by atoms with Gasteiger partial charge in [0.25, 0.3) is 0 Å². The number of nitrogens with two attached hydrogens (primary N) is 1. The molecule has 0 bridgehead atoms. The van der Waals surface area contributed by atoms with Gasteiger partial charge in [-0.25, -0.2) is 8.42 Å². The lowest BCUT2D eigenvalue weighted by atomic mass is 10.2. The van der Waals surface area contributed by atoms with Crippen molar-refractivity contribution in [3.05, 3.63) is 11.5 Å². The van der Waals surface area contributed by atoms with E-state index in [4.69, 9.17) is 10.5 Å². The fraction of sp³-hybridized carbons (Fsp3) is 0.750. The van der Waals surface area contributed by atoms with Crippen molar-refractivity contribution < 1.29 is 17.9 Å². The molecule has 6 heteroatoms. The van der Waals surface area contributed by atoms with Gasteiger partial charge in [-0.05, 0) is 34.6 Å². The SMILES string of the molecule is CC(C)S(=O)(=O)/C=C/[C@@H](N)CC(=O)OC(C)(C)C. The van der Waals surface area contributed by atoms with Crippen LogP contribution in [0.15, 0.2) is 11.5 Å². The predicted molar refractivity (Wildman–Crippen MR) is 71.6 cm³/mol. The summed E-state index contributed by atoms with van der Waals surface area (Å²) in [6.07, 6.45) is 1.28. The molecule has 0 aliphatic heterocycles. The van der Waals surface area contributed by atoms with Crippen molar-refractivity contribution in [1.82, 2.24) is 0 Å². The van der Waals surface area contributed by atoms with Crippen LogP contribution in [0.5, 0.6) is 0 Å². The highest BCUT2D eigenvalue weighted by Gasteiger charge is 2.18. The number of esters is 1. The molecule has 0 aromatic carbocycles. The van der Waals surface area contributed by atoms with Crippen LogP contribution in [0.25, 0.3) is 0 Å². The summed E-state index contributed by atoms with van der Waals surface area (Å²) in [5.41, 5.74) is 5.08. The van der Waals surface area contributed by atoms with Crippen LogP contribution in [0.3, 0.4) is 0 Å². The maximum Gasteiger partial charge on any atom is 0.308 e. The second-order valence-electron chi connectivity index (χ2n) is 5.42. The third kappa shape index (κ3) is 7.45. The van der Waals surface area contributed by atoms with Crippen molar-refractivity contribution in [3.8, 4) is 0 Å². The molecule has 0 aromatic heterocycles. The summed E-state index contributed by atoms with van der Waals surface area (Å²) < 4.78 is 28.1. The van der Waals surface area contributed by atoms with E-state index in [-0.39, 0.29) is 6.42 Å². The lowest BCUT2D eigenvalue weighted by molar-refractivity contribution is -0.154. The average Bonchev–Trinajstić information content (AvgIpc) is 2.11. The standard InChI is InChI=1S/C12H23NO4S/c1-9(2)18(15,16)7-6-10(13)8-11(14)17-12(3,4)5/h6-7,9-10H,8,13H2,1-5H3/b7-6+/t10-/m1/s1. The molecule has 0 saturated carbocycles. The Balaban J connectivity index is 4.41. The first-order valence-corrected chi connectivity index (χ1v) is 7.44. The van der Waals surface area contributed by atoms with Gasteiger partial charge in [-0.2, -0.15) is 0 Å². The normalized spacial score (nSPS) is 15.1. The van der Waals surface area contributed by atoms with Gasteiger partial charge in [-0.1, -0.05) is 6.08 Å². The van der Waals surface area contributed by atoms with Crippen molar-refractivity contribution in [2.45, 2.75) is 57.9 Å². The van der Waals surface area contributed by atoms with Gasteiger partial charge in [0.2, 0.25) is 0 Å². The third-order valence-corrected chi connectivity index (χ3v) is 3.85. The van der Waals surface area contributed by atoms with E-state index in [1.165, 1.54) is 6.08 Å². The van der Waals surface area contributed by atoms with E-state index in [2.05, 4.69) is 0 Å². The Morgan fingerprint density at radius 3 is 2.22 bits per heavy atom. The smallest absolute Gasteiger partial charge is 0.308 e. The van der Waals surface area contributed by atoms with E-state index >= 15 is 0 Å². The summed E-state index contributed by atoms with van der Waals surface area (Å²) >= 11 is 0. The molecule has 0 amide bonds. The van der Waals surface area contributed by atoms with Crippen LogP contribution in [-0.2, 0) is 19.4 Å². The first-order chi connectivity index (χ1) is 7.94. The summed E-state index contributed by atoms with van der Waals surface area (Å²) in [6, 6.07) is -0.659. The Kier molecular flexibility index (Phi) is 6.02. The van der Waals surface area contributed by atoms with Gasteiger partial charge in [0.05, 0.1) is 11.7 Å². The van der Waals surface area contributed by atoms with Crippen molar-refractivity contribution in [3.63, 3.8) is 0 Å². The summed E-state index contributed by atoms with van der Waals surface area (Å²) in [6.45, 7) is 8.44. The topological polar surface area (TPSA) is 86.5 Å². The van der Waals surface area contributed by atoms with E-state index in [1.54, 1.807) is 34.6 Å². The van der Waals surface area contributed by atoms with Crippen molar-refractivity contribution in [2.75, 3.05) is 0 Å². The Bertz CT molecular complexity index is 404. The van der Waals surface area contributed by atoms with Crippen LogP contribution in [0.1, 0.15) is 41.0 Å². The Labute approximate surface area is 109 Å². The molecule has 1 atom stereocenters. The third-order valence-electron chi connectivity index (χ3n) is 1.99. The lowest BCUT2D eigenvalue weighted by Crippen LogP contribution is -2.29. The monoisotopic (exact) mass is 277 g/mol. The van der Waals surface area contributed by atoms with E-state index < -0.39 is 32.7 Å². The van der Waals surface area contributed by atoms with Gasteiger partial charge < -0.3 is 10.5 Å². The van der Waals surface area contributed by atoms with Crippen LogP contribution < -0.4 is 5.73 Å². The summed E-state index contributed by atoms with van der Waals surface area (Å²) in [5, 5.41) is 0.564. The number of sulfone groups is 1. The van der Waals surface area contributed by atoms with E-state index in [1.807, 2.05) is 0 Å². The minimum atomic E-state index is -3.28. The fourth-order valence-corrected chi connectivity index (χ4v) is 1.75. The molecule has 0 saturated heterocycles. The molecule has 5 nitrogen and oxygen atoms in total. The molecule has 0 fully saturated rings. The van der Waals surface area contributed by atoms with Gasteiger partial charge in [0.15, 0.2) is 9.84 Å². The molecule has 0 unspecified atom stereocenters. The number of hydrogen-bond donors (Lipinski definition) is 1. The maximum atomic E-state index is 11.5. The first kappa shape index (κ1) is 17.1.